The maximum Gasteiger partial charge on any atom is 0.220 e. The Kier molecular flexibility index (Phi) is 44.5. The van der Waals surface area contributed by atoms with Gasteiger partial charge in [-0.05, 0) is 12.8 Å². The fourth-order valence-electron chi connectivity index (χ4n) is 9.67. The Morgan fingerprint density at radius 1 is 0.470 bits per heavy atom. The van der Waals surface area contributed by atoms with Crippen molar-refractivity contribution in [2.24, 2.45) is 0 Å². The third-order valence-corrected chi connectivity index (χ3v) is 14.3. The van der Waals surface area contributed by atoms with Crippen LogP contribution in [0.3, 0.4) is 0 Å². The quantitative estimate of drug-likeness (QED) is 0.0294. The van der Waals surface area contributed by atoms with Crippen LogP contribution >= 0.6 is 0 Å². The third-order valence-electron chi connectivity index (χ3n) is 14.3. The molecular weight excluding hydrogens is 831 g/mol. The Balaban J connectivity index is 2.20. The van der Waals surface area contributed by atoms with Crippen LogP contribution in [0.4, 0.5) is 0 Å². The summed E-state index contributed by atoms with van der Waals surface area (Å²) in [5.74, 6) is -0.250. The molecule has 1 aliphatic heterocycles. The van der Waals surface area contributed by atoms with E-state index in [4.69, 9.17) is 9.47 Å². The molecule has 1 fully saturated rings. The Labute approximate surface area is 407 Å². The first-order valence-corrected chi connectivity index (χ1v) is 28.8. The second kappa shape index (κ2) is 46.5. The van der Waals surface area contributed by atoms with Gasteiger partial charge in [0.25, 0.3) is 0 Å². The van der Waals surface area contributed by atoms with Crippen molar-refractivity contribution in [2.45, 2.75) is 339 Å². The summed E-state index contributed by atoms with van der Waals surface area (Å²) in [5, 5.41) is 65.5. The molecule has 0 bridgehead atoms. The van der Waals surface area contributed by atoms with Crippen LogP contribution < -0.4 is 5.32 Å². The van der Waals surface area contributed by atoms with Crippen LogP contribution in [0.1, 0.15) is 290 Å². The Morgan fingerprint density at radius 3 is 1.12 bits per heavy atom. The zero-order chi connectivity index (χ0) is 48.1. The van der Waals surface area contributed by atoms with Crippen LogP contribution in [0.5, 0.6) is 0 Å². The molecule has 0 radical (unpaired) electrons. The Hall–Kier alpha value is -0.850. The number of unbranched alkanes of at least 4 members (excludes halogenated alkanes) is 39. The molecule has 66 heavy (non-hydrogen) atoms. The van der Waals surface area contributed by atoms with E-state index in [0.717, 1.165) is 38.5 Å². The lowest BCUT2D eigenvalue weighted by atomic mass is 9.98. The number of carbonyl (C=O) groups is 1. The molecule has 394 valence electrons. The molecule has 7 N–H and O–H groups in total. The fourth-order valence-corrected chi connectivity index (χ4v) is 9.67. The van der Waals surface area contributed by atoms with Crippen LogP contribution in [-0.4, -0.2) is 98.7 Å². The molecule has 10 nitrogen and oxygen atoms in total. The first kappa shape index (κ1) is 63.2. The standard InChI is InChI=1S/C56H111NO9/c1-3-5-7-9-11-13-15-17-19-20-21-22-23-24-25-26-27-28-29-30-31-33-35-37-39-41-43-45-51(60)57-48(47-65-56-55(64)54(63)53(62)50(46-58)66-56)52(61)49(59)44-42-40-38-36-34-32-18-16-14-12-10-8-6-4-2/h48-50,52-56,58-59,61-64H,3-47H2,1-2H3,(H,57,60)/t48-,49+,50+,52-,53-,54?,55?,56+/m0/s1. The van der Waals surface area contributed by atoms with Gasteiger partial charge in [0.2, 0.25) is 5.91 Å². The third kappa shape index (κ3) is 35.3. The van der Waals surface area contributed by atoms with E-state index in [1.165, 1.54) is 225 Å². The minimum atomic E-state index is -1.60. The normalized spacial score (nSPS) is 20.2. The molecule has 1 rings (SSSR count). The van der Waals surface area contributed by atoms with Gasteiger partial charge in [0.15, 0.2) is 6.29 Å². The Bertz CT molecular complexity index is 1020. The van der Waals surface area contributed by atoms with Crippen molar-refractivity contribution < 1.29 is 44.9 Å². The van der Waals surface area contributed by atoms with Gasteiger partial charge in [0, 0.05) is 6.42 Å². The van der Waals surface area contributed by atoms with Crippen LogP contribution in [0.2, 0.25) is 0 Å². The van der Waals surface area contributed by atoms with Gasteiger partial charge in [-0.1, -0.05) is 271 Å². The lowest BCUT2D eigenvalue weighted by molar-refractivity contribution is -0.303. The van der Waals surface area contributed by atoms with Gasteiger partial charge in [-0.15, -0.1) is 0 Å². The van der Waals surface area contributed by atoms with Gasteiger partial charge in [-0.2, -0.15) is 0 Å². The maximum atomic E-state index is 13.1. The topological polar surface area (TPSA) is 169 Å². The van der Waals surface area contributed by atoms with Crippen molar-refractivity contribution in [1.82, 2.24) is 5.32 Å². The zero-order valence-electron chi connectivity index (χ0n) is 43.3. The first-order valence-electron chi connectivity index (χ1n) is 28.8. The lowest BCUT2D eigenvalue weighted by Gasteiger charge is -2.40. The molecule has 10 heteroatoms. The SMILES string of the molecule is CCCCCCCCCCCCCCCCCCCCCCCCCCCCCC(=O)N[C@@H](CO[C@@H]1O[C@H](CO)[C@H](O)C(O)C1O)[C@H](O)[C@H](O)CCCCCCCCCCCCCCCC. The highest BCUT2D eigenvalue weighted by Crippen LogP contribution is 2.24. The van der Waals surface area contributed by atoms with E-state index in [-0.39, 0.29) is 18.9 Å². The number of hydrogen-bond acceptors (Lipinski definition) is 9. The van der Waals surface area contributed by atoms with Gasteiger partial charge in [-0.3, -0.25) is 4.79 Å². The van der Waals surface area contributed by atoms with E-state index in [1.807, 2.05) is 0 Å². The maximum absolute atomic E-state index is 13.1. The molecule has 8 atom stereocenters. The predicted molar refractivity (Wildman–Crippen MR) is 274 cm³/mol. The van der Waals surface area contributed by atoms with Crippen LogP contribution in [0.15, 0.2) is 0 Å². The molecule has 0 spiro atoms. The summed E-state index contributed by atoms with van der Waals surface area (Å²) in [6.45, 7) is 3.65. The molecule has 0 saturated carbocycles. The van der Waals surface area contributed by atoms with Crippen LogP contribution in [0.25, 0.3) is 0 Å². The number of ether oxygens (including phenoxy) is 2. The van der Waals surface area contributed by atoms with E-state index >= 15 is 0 Å². The van der Waals surface area contributed by atoms with Gasteiger partial charge < -0.3 is 45.4 Å². The van der Waals surface area contributed by atoms with E-state index in [0.29, 0.717) is 6.42 Å². The number of hydrogen-bond donors (Lipinski definition) is 7. The van der Waals surface area contributed by atoms with Gasteiger partial charge >= 0.3 is 0 Å². The molecule has 1 amide bonds. The number of aliphatic hydroxyl groups excluding tert-OH is 6. The highest BCUT2D eigenvalue weighted by molar-refractivity contribution is 5.76. The Morgan fingerprint density at radius 2 is 0.788 bits per heavy atom. The van der Waals surface area contributed by atoms with Gasteiger partial charge in [0.05, 0.1) is 25.4 Å². The van der Waals surface area contributed by atoms with Crippen molar-refractivity contribution in [3.05, 3.63) is 0 Å². The second-order valence-corrected chi connectivity index (χ2v) is 20.6. The van der Waals surface area contributed by atoms with E-state index in [1.54, 1.807) is 0 Å². The number of amides is 1. The first-order chi connectivity index (χ1) is 32.3. The van der Waals surface area contributed by atoms with Crippen molar-refractivity contribution in [2.75, 3.05) is 13.2 Å². The molecule has 0 aliphatic carbocycles. The predicted octanol–water partition coefficient (Wildman–Crippen LogP) is 12.8. The summed E-state index contributed by atoms with van der Waals surface area (Å²) in [6, 6.07) is -0.986. The summed E-state index contributed by atoms with van der Waals surface area (Å²) >= 11 is 0. The van der Waals surface area contributed by atoms with Crippen LogP contribution in [0, 0.1) is 0 Å². The summed E-state index contributed by atoms with van der Waals surface area (Å²) < 4.78 is 11.2. The molecule has 1 saturated heterocycles. The van der Waals surface area contributed by atoms with E-state index in [2.05, 4.69) is 19.2 Å². The number of nitrogens with one attached hydrogen (secondary N) is 1. The van der Waals surface area contributed by atoms with Crippen molar-refractivity contribution in [3.63, 3.8) is 0 Å². The van der Waals surface area contributed by atoms with Crippen molar-refractivity contribution in [1.29, 1.82) is 0 Å². The average molecular weight is 943 g/mol. The van der Waals surface area contributed by atoms with Crippen molar-refractivity contribution in [3.8, 4) is 0 Å². The van der Waals surface area contributed by atoms with E-state index < -0.39 is 55.6 Å². The largest absolute Gasteiger partial charge is 0.394 e. The second-order valence-electron chi connectivity index (χ2n) is 20.6. The lowest BCUT2D eigenvalue weighted by Crippen LogP contribution is -2.60. The number of aliphatic hydroxyl groups is 6. The van der Waals surface area contributed by atoms with Crippen LogP contribution in [-0.2, 0) is 14.3 Å². The summed E-state index contributed by atoms with van der Waals surface area (Å²) in [7, 11) is 0. The molecule has 1 aliphatic rings. The van der Waals surface area contributed by atoms with Crippen molar-refractivity contribution >= 4 is 5.91 Å². The monoisotopic (exact) mass is 942 g/mol. The molecule has 1 heterocycles. The molecular formula is C56H111NO9. The minimum absolute atomic E-state index is 0.250. The zero-order valence-corrected chi connectivity index (χ0v) is 43.3. The number of rotatable bonds is 50. The summed E-state index contributed by atoms with van der Waals surface area (Å²) in [5.41, 5.74) is 0. The molecule has 2 unspecified atom stereocenters. The smallest absolute Gasteiger partial charge is 0.220 e. The molecule has 0 aromatic rings. The minimum Gasteiger partial charge on any atom is -0.394 e. The van der Waals surface area contributed by atoms with Gasteiger partial charge in [0.1, 0.15) is 30.5 Å². The summed E-state index contributed by atoms with van der Waals surface area (Å²) in [6.07, 6.45) is 44.2. The highest BCUT2D eigenvalue weighted by atomic mass is 16.7. The summed E-state index contributed by atoms with van der Waals surface area (Å²) in [4.78, 5) is 13.1. The number of carbonyl (C=O) groups excluding carboxylic acids is 1. The van der Waals surface area contributed by atoms with E-state index in [9.17, 15) is 35.4 Å². The fraction of sp³-hybridized carbons (Fsp3) is 0.982. The molecule has 0 aromatic heterocycles. The molecule has 0 aromatic carbocycles. The average Bonchev–Trinajstić information content (AvgIpc) is 3.32. The highest BCUT2D eigenvalue weighted by Gasteiger charge is 2.44. The van der Waals surface area contributed by atoms with Gasteiger partial charge in [-0.25, -0.2) is 0 Å².